The van der Waals surface area contributed by atoms with Crippen molar-refractivity contribution in [3.63, 3.8) is 0 Å². The van der Waals surface area contributed by atoms with Crippen LogP contribution < -0.4 is 10.6 Å². The molecule has 2 N–H and O–H groups in total. The Morgan fingerprint density at radius 1 is 1.35 bits per heavy atom. The molecular formula is C14H20N2O. The van der Waals surface area contributed by atoms with Crippen molar-refractivity contribution < 1.29 is 4.79 Å². The van der Waals surface area contributed by atoms with E-state index >= 15 is 0 Å². The van der Waals surface area contributed by atoms with E-state index in [0.717, 1.165) is 30.8 Å². The smallest absolute Gasteiger partial charge is 0.227 e. The Bertz CT molecular complexity index is 426. The van der Waals surface area contributed by atoms with Crippen molar-refractivity contribution in [1.29, 1.82) is 0 Å². The van der Waals surface area contributed by atoms with Gasteiger partial charge in [0, 0.05) is 24.3 Å². The molecule has 1 aromatic rings. The normalized spacial score (nSPS) is 15.2. The number of carbonyl (C=O) groups excluding carboxylic acids is 1. The Kier molecular flexibility index (Phi) is 3.36. The number of benzene rings is 1. The number of nitrogens with two attached hydrogens (primary N) is 1. The molecule has 3 nitrogen and oxygen atoms in total. The molecule has 0 fully saturated rings. The summed E-state index contributed by atoms with van der Waals surface area (Å²) in [6.45, 7) is 5.17. The lowest BCUT2D eigenvalue weighted by Crippen LogP contribution is -2.36. The van der Waals surface area contributed by atoms with E-state index in [1.54, 1.807) is 0 Å². The number of aryl methyl sites for hydroxylation is 1. The van der Waals surface area contributed by atoms with Gasteiger partial charge in [-0.2, -0.15) is 0 Å². The van der Waals surface area contributed by atoms with Gasteiger partial charge in [0.1, 0.15) is 0 Å². The minimum absolute atomic E-state index is 0.239. The van der Waals surface area contributed by atoms with Gasteiger partial charge in [-0.15, -0.1) is 0 Å². The molecule has 0 atom stereocenters. The zero-order chi connectivity index (χ0) is 12.4. The van der Waals surface area contributed by atoms with Crippen molar-refractivity contribution in [2.75, 3.05) is 17.2 Å². The summed E-state index contributed by atoms with van der Waals surface area (Å²) in [4.78, 5) is 13.9. The van der Waals surface area contributed by atoms with Crippen molar-refractivity contribution in [3.05, 3.63) is 23.8 Å². The molecule has 1 amide bonds. The van der Waals surface area contributed by atoms with Crippen LogP contribution in [0.4, 0.5) is 11.4 Å². The molecule has 1 heterocycles. The van der Waals surface area contributed by atoms with Gasteiger partial charge in [-0.25, -0.2) is 0 Å². The standard InChI is InChI=1S/C14H20N2O/c1-10(2)7-8-16-13-5-4-12(15)9-11(13)3-6-14(16)17/h4-5,9-10H,3,6-8,15H2,1-2H3. The fourth-order valence-electron chi connectivity index (χ4n) is 2.21. The summed E-state index contributed by atoms with van der Waals surface area (Å²) in [6, 6.07) is 5.84. The second-order valence-corrected chi connectivity index (χ2v) is 5.12. The molecule has 1 aliphatic heterocycles. The number of amides is 1. The fraction of sp³-hybridized carbons (Fsp3) is 0.500. The topological polar surface area (TPSA) is 46.3 Å². The second-order valence-electron chi connectivity index (χ2n) is 5.12. The number of carbonyl (C=O) groups is 1. The van der Waals surface area contributed by atoms with Gasteiger partial charge >= 0.3 is 0 Å². The third-order valence-electron chi connectivity index (χ3n) is 3.23. The molecule has 0 aliphatic carbocycles. The molecule has 0 bridgehead atoms. The van der Waals surface area contributed by atoms with E-state index in [2.05, 4.69) is 13.8 Å². The predicted octanol–water partition coefficient (Wildman–Crippen LogP) is 2.59. The first-order valence-electron chi connectivity index (χ1n) is 6.26. The molecule has 1 aliphatic rings. The molecule has 0 unspecified atom stereocenters. The van der Waals surface area contributed by atoms with Crippen molar-refractivity contribution in [1.82, 2.24) is 0 Å². The van der Waals surface area contributed by atoms with Crippen LogP contribution in [0.25, 0.3) is 0 Å². The number of hydrogen-bond acceptors (Lipinski definition) is 2. The molecule has 1 aromatic carbocycles. The number of fused-ring (bicyclic) bond motifs is 1. The van der Waals surface area contributed by atoms with Crippen molar-refractivity contribution >= 4 is 17.3 Å². The summed E-state index contributed by atoms with van der Waals surface area (Å²) >= 11 is 0. The second kappa shape index (κ2) is 4.78. The molecule has 0 saturated heterocycles. The van der Waals surface area contributed by atoms with E-state index in [-0.39, 0.29) is 5.91 Å². The van der Waals surface area contributed by atoms with Crippen LogP contribution in [-0.4, -0.2) is 12.5 Å². The minimum Gasteiger partial charge on any atom is -0.399 e. The Labute approximate surface area is 103 Å². The number of nitrogen functional groups attached to an aromatic ring is 1. The third-order valence-corrected chi connectivity index (χ3v) is 3.23. The van der Waals surface area contributed by atoms with Crippen LogP contribution >= 0.6 is 0 Å². The van der Waals surface area contributed by atoms with Crippen molar-refractivity contribution in [2.24, 2.45) is 5.92 Å². The van der Waals surface area contributed by atoms with Crippen LogP contribution in [0.15, 0.2) is 18.2 Å². The molecule has 0 spiro atoms. The molecule has 2 rings (SSSR count). The fourth-order valence-corrected chi connectivity index (χ4v) is 2.21. The first kappa shape index (κ1) is 12.0. The lowest BCUT2D eigenvalue weighted by atomic mass is 9.99. The lowest BCUT2D eigenvalue weighted by Gasteiger charge is -2.30. The van der Waals surface area contributed by atoms with Crippen LogP contribution in [0.5, 0.6) is 0 Å². The van der Waals surface area contributed by atoms with E-state index in [1.807, 2.05) is 23.1 Å². The number of nitrogens with zero attached hydrogens (tertiary/aromatic N) is 1. The average Bonchev–Trinajstić information content (AvgIpc) is 2.27. The van der Waals surface area contributed by atoms with Gasteiger partial charge in [-0.05, 0) is 42.5 Å². The summed E-state index contributed by atoms with van der Waals surface area (Å²) in [7, 11) is 0. The molecular weight excluding hydrogens is 212 g/mol. The Balaban J connectivity index is 2.24. The monoisotopic (exact) mass is 232 g/mol. The predicted molar refractivity (Wildman–Crippen MR) is 71.0 cm³/mol. The highest BCUT2D eigenvalue weighted by atomic mass is 16.2. The van der Waals surface area contributed by atoms with Gasteiger partial charge in [-0.1, -0.05) is 13.8 Å². The average molecular weight is 232 g/mol. The number of hydrogen-bond donors (Lipinski definition) is 1. The van der Waals surface area contributed by atoms with Crippen LogP contribution in [0.1, 0.15) is 32.3 Å². The van der Waals surface area contributed by atoms with E-state index in [0.29, 0.717) is 12.3 Å². The number of anilines is 2. The maximum atomic E-state index is 11.9. The molecule has 0 aromatic heterocycles. The zero-order valence-electron chi connectivity index (χ0n) is 10.6. The van der Waals surface area contributed by atoms with Crippen LogP contribution in [0.2, 0.25) is 0 Å². The quantitative estimate of drug-likeness (QED) is 0.814. The van der Waals surface area contributed by atoms with E-state index in [4.69, 9.17) is 5.73 Å². The molecule has 0 radical (unpaired) electrons. The molecule has 0 saturated carbocycles. The molecule has 3 heteroatoms. The number of rotatable bonds is 3. The molecule has 17 heavy (non-hydrogen) atoms. The van der Waals surface area contributed by atoms with E-state index in [9.17, 15) is 4.79 Å². The highest BCUT2D eigenvalue weighted by molar-refractivity contribution is 5.96. The van der Waals surface area contributed by atoms with Gasteiger partial charge in [-0.3, -0.25) is 4.79 Å². The summed E-state index contributed by atoms with van der Waals surface area (Å²) < 4.78 is 0. The zero-order valence-corrected chi connectivity index (χ0v) is 10.6. The first-order valence-corrected chi connectivity index (χ1v) is 6.26. The van der Waals surface area contributed by atoms with Gasteiger partial charge < -0.3 is 10.6 Å². The van der Waals surface area contributed by atoms with Crippen LogP contribution in [0, 0.1) is 5.92 Å². The third kappa shape index (κ3) is 2.60. The maximum absolute atomic E-state index is 11.9. The first-order chi connectivity index (χ1) is 8.08. The van der Waals surface area contributed by atoms with Gasteiger partial charge in [0.25, 0.3) is 0 Å². The highest BCUT2D eigenvalue weighted by Crippen LogP contribution is 2.29. The maximum Gasteiger partial charge on any atom is 0.227 e. The van der Waals surface area contributed by atoms with Gasteiger partial charge in [0.15, 0.2) is 0 Å². The Hall–Kier alpha value is -1.51. The highest BCUT2D eigenvalue weighted by Gasteiger charge is 2.23. The Morgan fingerprint density at radius 2 is 2.12 bits per heavy atom. The summed E-state index contributed by atoms with van der Waals surface area (Å²) in [5, 5.41) is 0. The SMILES string of the molecule is CC(C)CCN1C(=O)CCc2cc(N)ccc21. The largest absolute Gasteiger partial charge is 0.399 e. The molecule has 92 valence electrons. The summed E-state index contributed by atoms with van der Waals surface area (Å²) in [5.74, 6) is 0.852. The van der Waals surface area contributed by atoms with Crippen LogP contribution in [0.3, 0.4) is 0 Å². The van der Waals surface area contributed by atoms with E-state index < -0.39 is 0 Å². The van der Waals surface area contributed by atoms with Gasteiger partial charge in [0.2, 0.25) is 5.91 Å². The van der Waals surface area contributed by atoms with Crippen molar-refractivity contribution in [2.45, 2.75) is 33.1 Å². The van der Waals surface area contributed by atoms with Gasteiger partial charge in [0.05, 0.1) is 0 Å². The Morgan fingerprint density at radius 3 is 2.82 bits per heavy atom. The van der Waals surface area contributed by atoms with Crippen LogP contribution in [-0.2, 0) is 11.2 Å². The summed E-state index contributed by atoms with van der Waals surface area (Å²) in [5.41, 5.74) is 8.81. The minimum atomic E-state index is 0.239. The van der Waals surface area contributed by atoms with E-state index in [1.165, 1.54) is 5.56 Å². The summed E-state index contributed by atoms with van der Waals surface area (Å²) in [6.07, 6.45) is 2.46. The van der Waals surface area contributed by atoms with Crippen molar-refractivity contribution in [3.8, 4) is 0 Å². The lowest BCUT2D eigenvalue weighted by molar-refractivity contribution is -0.118.